The number of benzene rings is 1. The third-order valence-corrected chi connectivity index (χ3v) is 2.43. The number of hydrogen-bond acceptors (Lipinski definition) is 3. The van der Waals surface area contributed by atoms with Crippen molar-refractivity contribution in [1.29, 1.82) is 0 Å². The van der Waals surface area contributed by atoms with Crippen LogP contribution in [0.15, 0.2) is 23.1 Å². The summed E-state index contributed by atoms with van der Waals surface area (Å²) in [6.45, 7) is 1.67. The summed E-state index contributed by atoms with van der Waals surface area (Å²) in [7, 11) is -3.40. The molecule has 0 heterocycles. The first-order valence-electron chi connectivity index (χ1n) is 3.54. The van der Waals surface area contributed by atoms with E-state index >= 15 is 0 Å². The maximum absolute atomic E-state index is 12.6. The summed E-state index contributed by atoms with van der Waals surface area (Å²) in [6.07, 6.45) is 0. The summed E-state index contributed by atoms with van der Waals surface area (Å²) in [5, 5.41) is 0. The van der Waals surface area contributed by atoms with E-state index < -0.39 is 15.1 Å². The molecule has 0 saturated heterocycles. The molecule has 0 amide bonds. The Kier molecular flexibility index (Phi) is 2.56. The normalized spacial score (nSPS) is 11.3. The number of halogens is 1. The predicted molar refractivity (Wildman–Crippen MR) is 46.0 cm³/mol. The Hall–Kier alpha value is -1.10. The summed E-state index contributed by atoms with van der Waals surface area (Å²) >= 11 is 0. The van der Waals surface area contributed by atoms with Crippen molar-refractivity contribution < 1.29 is 17.0 Å². The SMILES string of the molecule is COc1ccc(C)cc1S(=O)(=O)F. The van der Waals surface area contributed by atoms with Gasteiger partial charge in [0, 0.05) is 0 Å². The second-order valence-electron chi connectivity index (χ2n) is 2.59. The molecule has 0 aliphatic heterocycles. The van der Waals surface area contributed by atoms with E-state index in [-0.39, 0.29) is 5.75 Å². The monoisotopic (exact) mass is 204 g/mol. The van der Waals surface area contributed by atoms with Gasteiger partial charge in [-0.1, -0.05) is 6.07 Å². The highest BCUT2D eigenvalue weighted by Crippen LogP contribution is 2.25. The average molecular weight is 204 g/mol. The van der Waals surface area contributed by atoms with Crippen LogP contribution in [-0.4, -0.2) is 15.5 Å². The summed E-state index contributed by atoms with van der Waals surface area (Å²) in [6, 6.07) is 4.30. The van der Waals surface area contributed by atoms with Crippen LogP contribution in [0.5, 0.6) is 5.75 Å². The lowest BCUT2D eigenvalue weighted by Crippen LogP contribution is -1.97. The topological polar surface area (TPSA) is 43.4 Å². The van der Waals surface area contributed by atoms with Gasteiger partial charge >= 0.3 is 10.2 Å². The quantitative estimate of drug-likeness (QED) is 0.688. The Balaban J connectivity index is 3.41. The smallest absolute Gasteiger partial charge is 0.335 e. The van der Waals surface area contributed by atoms with Gasteiger partial charge in [0.2, 0.25) is 0 Å². The van der Waals surface area contributed by atoms with Gasteiger partial charge in [0.15, 0.2) is 0 Å². The van der Waals surface area contributed by atoms with Crippen LogP contribution in [0, 0.1) is 6.92 Å². The Morgan fingerprint density at radius 3 is 2.46 bits per heavy atom. The standard InChI is InChI=1S/C8H9FO3S/c1-6-3-4-7(12-2)8(5-6)13(9,10)11/h3-5H,1-2H3. The first kappa shape index (κ1) is 9.98. The van der Waals surface area contributed by atoms with Gasteiger partial charge in [0.1, 0.15) is 10.6 Å². The van der Waals surface area contributed by atoms with Gasteiger partial charge in [-0.15, -0.1) is 3.89 Å². The molecule has 1 aromatic carbocycles. The fourth-order valence-corrected chi connectivity index (χ4v) is 1.69. The molecule has 0 bridgehead atoms. The van der Waals surface area contributed by atoms with Crippen LogP contribution in [0.25, 0.3) is 0 Å². The Bertz CT molecular complexity index is 411. The first-order valence-corrected chi connectivity index (χ1v) is 4.93. The van der Waals surface area contributed by atoms with E-state index in [0.717, 1.165) is 0 Å². The molecule has 1 aromatic rings. The molecule has 0 fully saturated rings. The van der Waals surface area contributed by atoms with Crippen LogP contribution in [0.2, 0.25) is 0 Å². The Morgan fingerprint density at radius 1 is 1.38 bits per heavy atom. The molecule has 5 heteroatoms. The fraction of sp³-hybridized carbons (Fsp3) is 0.250. The molecule has 1 rings (SSSR count). The second-order valence-corrected chi connectivity index (χ2v) is 3.91. The van der Waals surface area contributed by atoms with Crippen molar-refractivity contribution in [3.05, 3.63) is 23.8 Å². The molecule has 0 atom stereocenters. The van der Waals surface area contributed by atoms with Gasteiger partial charge in [0.05, 0.1) is 7.11 Å². The molecule has 3 nitrogen and oxygen atoms in total. The maximum atomic E-state index is 12.6. The van der Waals surface area contributed by atoms with Crippen LogP contribution in [-0.2, 0) is 10.2 Å². The van der Waals surface area contributed by atoms with E-state index in [4.69, 9.17) is 4.74 Å². The number of aryl methyl sites for hydroxylation is 1. The molecular formula is C8H9FO3S. The number of hydrogen-bond donors (Lipinski definition) is 0. The largest absolute Gasteiger partial charge is 0.495 e. The number of rotatable bonds is 2. The summed E-state index contributed by atoms with van der Waals surface area (Å²) in [5.41, 5.74) is 0.664. The zero-order chi connectivity index (χ0) is 10.1. The summed E-state index contributed by atoms with van der Waals surface area (Å²) in [4.78, 5) is -0.421. The highest BCUT2D eigenvalue weighted by Gasteiger charge is 2.17. The van der Waals surface area contributed by atoms with E-state index in [1.165, 1.54) is 19.2 Å². The molecular weight excluding hydrogens is 195 g/mol. The van der Waals surface area contributed by atoms with Gasteiger partial charge in [-0.2, -0.15) is 8.42 Å². The molecule has 0 N–H and O–H groups in total. The molecule has 72 valence electrons. The molecule has 13 heavy (non-hydrogen) atoms. The lowest BCUT2D eigenvalue weighted by molar-refractivity contribution is 0.401. The third kappa shape index (κ3) is 2.18. The van der Waals surface area contributed by atoms with Crippen LogP contribution < -0.4 is 4.74 Å². The third-order valence-electron chi connectivity index (χ3n) is 1.58. The maximum Gasteiger partial charge on any atom is 0.335 e. The molecule has 0 saturated carbocycles. The number of methoxy groups -OCH3 is 1. The van der Waals surface area contributed by atoms with E-state index in [2.05, 4.69) is 0 Å². The minimum absolute atomic E-state index is 0.0214. The van der Waals surface area contributed by atoms with Crippen LogP contribution >= 0.6 is 0 Å². The van der Waals surface area contributed by atoms with Gasteiger partial charge in [-0.25, -0.2) is 0 Å². The lowest BCUT2D eigenvalue weighted by atomic mass is 10.2. The molecule has 0 unspecified atom stereocenters. The highest BCUT2D eigenvalue weighted by atomic mass is 32.3. The van der Waals surface area contributed by atoms with Gasteiger partial charge in [-0.3, -0.25) is 0 Å². The molecule has 0 spiro atoms. The average Bonchev–Trinajstić information content (AvgIpc) is 2.03. The van der Waals surface area contributed by atoms with Gasteiger partial charge in [0.25, 0.3) is 0 Å². The van der Waals surface area contributed by atoms with Crippen molar-refractivity contribution in [2.45, 2.75) is 11.8 Å². The summed E-state index contributed by atoms with van der Waals surface area (Å²) in [5.74, 6) is 0.0214. The molecule has 0 aliphatic rings. The van der Waals surface area contributed by atoms with Crippen molar-refractivity contribution >= 4 is 10.2 Å². The Morgan fingerprint density at radius 2 is 2.00 bits per heavy atom. The van der Waals surface area contributed by atoms with Crippen molar-refractivity contribution in [1.82, 2.24) is 0 Å². The first-order chi connectivity index (χ1) is 5.95. The van der Waals surface area contributed by atoms with E-state index in [0.29, 0.717) is 5.56 Å². The van der Waals surface area contributed by atoms with Crippen molar-refractivity contribution in [2.24, 2.45) is 0 Å². The zero-order valence-corrected chi connectivity index (χ0v) is 8.06. The summed E-state index contributed by atoms with van der Waals surface area (Å²) < 4.78 is 38.6. The van der Waals surface area contributed by atoms with Gasteiger partial charge in [-0.05, 0) is 24.6 Å². The Labute approximate surface area is 76.4 Å². The number of ether oxygens (including phenoxy) is 1. The fourth-order valence-electron chi connectivity index (χ4n) is 0.974. The molecule has 0 aromatic heterocycles. The second kappa shape index (κ2) is 3.33. The van der Waals surface area contributed by atoms with Crippen LogP contribution in [0.1, 0.15) is 5.56 Å². The lowest BCUT2D eigenvalue weighted by Gasteiger charge is -2.04. The molecule has 0 aliphatic carbocycles. The van der Waals surface area contributed by atoms with E-state index in [1.54, 1.807) is 13.0 Å². The van der Waals surface area contributed by atoms with Gasteiger partial charge < -0.3 is 4.74 Å². The predicted octanol–water partition coefficient (Wildman–Crippen LogP) is 1.66. The van der Waals surface area contributed by atoms with Crippen molar-refractivity contribution in [2.75, 3.05) is 7.11 Å². The van der Waals surface area contributed by atoms with E-state index in [9.17, 15) is 12.3 Å². The zero-order valence-electron chi connectivity index (χ0n) is 7.24. The molecule has 0 radical (unpaired) electrons. The minimum atomic E-state index is -4.69. The van der Waals surface area contributed by atoms with Crippen LogP contribution in [0.3, 0.4) is 0 Å². The van der Waals surface area contributed by atoms with Crippen molar-refractivity contribution in [3.8, 4) is 5.75 Å². The van der Waals surface area contributed by atoms with Crippen molar-refractivity contribution in [3.63, 3.8) is 0 Å². The van der Waals surface area contributed by atoms with Crippen LogP contribution in [0.4, 0.5) is 3.89 Å². The van der Waals surface area contributed by atoms with E-state index in [1.807, 2.05) is 0 Å². The minimum Gasteiger partial charge on any atom is -0.495 e. The highest BCUT2D eigenvalue weighted by molar-refractivity contribution is 7.86.